The summed E-state index contributed by atoms with van der Waals surface area (Å²) in [5, 5.41) is 0. The van der Waals surface area contributed by atoms with Gasteiger partial charge in [0.15, 0.2) is 0 Å². The van der Waals surface area contributed by atoms with E-state index in [9.17, 15) is 0 Å². The highest BCUT2D eigenvalue weighted by Crippen LogP contribution is 2.15. The molecule has 1 atom stereocenters. The van der Waals surface area contributed by atoms with Crippen molar-refractivity contribution in [2.24, 2.45) is 11.8 Å². The van der Waals surface area contributed by atoms with Gasteiger partial charge in [-0.3, -0.25) is 0 Å². The zero-order chi connectivity index (χ0) is 11.7. The van der Waals surface area contributed by atoms with Crippen molar-refractivity contribution in [3.8, 4) is 0 Å². The summed E-state index contributed by atoms with van der Waals surface area (Å²) in [6.07, 6.45) is 10.5. The van der Waals surface area contributed by atoms with Gasteiger partial charge >= 0.3 is 0 Å². The molecule has 0 aliphatic carbocycles. The van der Waals surface area contributed by atoms with Crippen molar-refractivity contribution < 1.29 is 0 Å². The van der Waals surface area contributed by atoms with Crippen LogP contribution < -0.4 is 0 Å². The molecule has 0 nitrogen and oxygen atoms in total. The van der Waals surface area contributed by atoms with Crippen molar-refractivity contribution in [3.63, 3.8) is 0 Å². The molecule has 0 N–H and O–H groups in total. The molecule has 0 amide bonds. The molecular weight excluding hydrogens is 180 g/mol. The first-order valence-corrected chi connectivity index (χ1v) is 6.71. The largest absolute Gasteiger partial charge is 0.0856 e. The summed E-state index contributed by atoms with van der Waals surface area (Å²) in [6, 6.07) is 0. The molecule has 1 unspecified atom stereocenters. The van der Waals surface area contributed by atoms with Gasteiger partial charge in [0, 0.05) is 0 Å². The first kappa shape index (κ1) is 14.7. The minimum Gasteiger partial charge on any atom is -0.0856 e. The second kappa shape index (κ2) is 9.00. The molecule has 0 heterocycles. The molecule has 0 aromatic rings. The summed E-state index contributed by atoms with van der Waals surface area (Å²) in [5.41, 5.74) is 1.60. The quantitative estimate of drug-likeness (QED) is 0.458. The Labute approximate surface area is 97.2 Å². The summed E-state index contributed by atoms with van der Waals surface area (Å²) >= 11 is 0. The minimum atomic E-state index is 0.842. The lowest BCUT2D eigenvalue weighted by Gasteiger charge is -2.08. The lowest BCUT2D eigenvalue weighted by Crippen LogP contribution is -1.92. The zero-order valence-electron chi connectivity index (χ0n) is 11.5. The molecule has 0 aliphatic heterocycles. The van der Waals surface area contributed by atoms with E-state index < -0.39 is 0 Å². The molecule has 0 heteroatoms. The first-order valence-electron chi connectivity index (χ1n) is 6.71. The third kappa shape index (κ3) is 10.0. The Morgan fingerprint density at radius 2 is 1.80 bits per heavy atom. The number of hydrogen-bond acceptors (Lipinski definition) is 0. The molecule has 0 radical (unpaired) electrons. The second-order valence-corrected chi connectivity index (χ2v) is 5.43. The lowest BCUT2D eigenvalue weighted by molar-refractivity contribution is 0.494. The summed E-state index contributed by atoms with van der Waals surface area (Å²) in [6.45, 7) is 11.5. The van der Waals surface area contributed by atoms with E-state index in [0.717, 1.165) is 11.8 Å². The third-order valence-corrected chi connectivity index (χ3v) is 3.20. The summed E-state index contributed by atoms with van der Waals surface area (Å²) in [5.74, 6) is 1.75. The second-order valence-electron chi connectivity index (χ2n) is 5.43. The van der Waals surface area contributed by atoms with Gasteiger partial charge in [-0.2, -0.15) is 0 Å². The predicted octanol–water partition coefficient (Wildman–Crippen LogP) is 5.59. The third-order valence-electron chi connectivity index (χ3n) is 3.20. The molecule has 0 fully saturated rings. The van der Waals surface area contributed by atoms with E-state index in [1.165, 1.54) is 38.5 Å². The standard InChI is InChI=1S/C15H30/c1-6-14(4)10-8-12-15(5)11-7-9-13(2)3/h11,13-14H,6-10,12H2,1-5H3/b15-11+. The van der Waals surface area contributed by atoms with Crippen LogP contribution in [-0.2, 0) is 0 Å². The molecule has 0 rings (SSSR count). The molecule has 15 heavy (non-hydrogen) atoms. The Hall–Kier alpha value is -0.260. The van der Waals surface area contributed by atoms with Gasteiger partial charge < -0.3 is 0 Å². The maximum Gasteiger partial charge on any atom is -0.0323 e. The molecule has 0 saturated heterocycles. The topological polar surface area (TPSA) is 0 Å². The van der Waals surface area contributed by atoms with Gasteiger partial charge in [-0.15, -0.1) is 0 Å². The molecular formula is C15H30. The molecule has 0 aromatic heterocycles. The van der Waals surface area contributed by atoms with Gasteiger partial charge in [0.05, 0.1) is 0 Å². The van der Waals surface area contributed by atoms with Gasteiger partial charge in [0.2, 0.25) is 0 Å². The van der Waals surface area contributed by atoms with Crippen LogP contribution in [0.15, 0.2) is 11.6 Å². The Bertz CT molecular complexity index is 165. The van der Waals surface area contributed by atoms with Crippen LogP contribution in [0.2, 0.25) is 0 Å². The highest BCUT2D eigenvalue weighted by molar-refractivity contribution is 4.97. The van der Waals surface area contributed by atoms with E-state index in [2.05, 4.69) is 40.7 Å². The van der Waals surface area contributed by atoms with Gasteiger partial charge in [-0.25, -0.2) is 0 Å². The van der Waals surface area contributed by atoms with E-state index in [0.29, 0.717) is 0 Å². The van der Waals surface area contributed by atoms with Crippen molar-refractivity contribution in [1.29, 1.82) is 0 Å². The van der Waals surface area contributed by atoms with Crippen LogP contribution in [0.5, 0.6) is 0 Å². The fourth-order valence-electron chi connectivity index (χ4n) is 1.70. The fraction of sp³-hybridized carbons (Fsp3) is 0.867. The fourth-order valence-corrected chi connectivity index (χ4v) is 1.70. The predicted molar refractivity (Wildman–Crippen MR) is 71.1 cm³/mol. The smallest absolute Gasteiger partial charge is 0.0323 e. The number of allylic oxidation sites excluding steroid dienone is 2. The van der Waals surface area contributed by atoms with E-state index in [4.69, 9.17) is 0 Å². The van der Waals surface area contributed by atoms with Crippen LogP contribution in [0.4, 0.5) is 0 Å². The number of rotatable bonds is 8. The molecule has 0 saturated carbocycles. The van der Waals surface area contributed by atoms with Crippen LogP contribution >= 0.6 is 0 Å². The van der Waals surface area contributed by atoms with E-state index in [1.54, 1.807) is 5.57 Å². The molecule has 0 bridgehead atoms. The summed E-state index contributed by atoms with van der Waals surface area (Å²) in [4.78, 5) is 0. The SMILES string of the molecule is CCC(C)CCC/C(C)=C/CCC(C)C. The maximum absolute atomic E-state index is 2.44. The van der Waals surface area contributed by atoms with E-state index in [-0.39, 0.29) is 0 Å². The minimum absolute atomic E-state index is 0.842. The molecule has 90 valence electrons. The van der Waals surface area contributed by atoms with E-state index in [1.807, 2.05) is 0 Å². The summed E-state index contributed by atoms with van der Waals surface area (Å²) in [7, 11) is 0. The molecule has 0 aromatic carbocycles. The zero-order valence-corrected chi connectivity index (χ0v) is 11.5. The van der Waals surface area contributed by atoms with Crippen LogP contribution in [0, 0.1) is 11.8 Å². The monoisotopic (exact) mass is 210 g/mol. The maximum atomic E-state index is 2.44. The van der Waals surface area contributed by atoms with Gasteiger partial charge in [-0.1, -0.05) is 52.2 Å². The number of hydrogen-bond donors (Lipinski definition) is 0. The highest BCUT2D eigenvalue weighted by Gasteiger charge is 1.98. The van der Waals surface area contributed by atoms with Gasteiger partial charge in [-0.05, 0) is 44.4 Å². The van der Waals surface area contributed by atoms with Crippen molar-refractivity contribution in [2.75, 3.05) is 0 Å². The first-order chi connectivity index (χ1) is 7.06. The Morgan fingerprint density at radius 1 is 1.13 bits per heavy atom. The molecule has 0 spiro atoms. The average Bonchev–Trinajstić information content (AvgIpc) is 2.17. The van der Waals surface area contributed by atoms with Crippen LogP contribution in [0.1, 0.15) is 73.1 Å². The Kier molecular flexibility index (Phi) is 8.85. The van der Waals surface area contributed by atoms with Crippen molar-refractivity contribution in [1.82, 2.24) is 0 Å². The van der Waals surface area contributed by atoms with Crippen molar-refractivity contribution >= 4 is 0 Å². The Balaban J connectivity index is 3.50. The average molecular weight is 210 g/mol. The van der Waals surface area contributed by atoms with E-state index >= 15 is 0 Å². The van der Waals surface area contributed by atoms with Gasteiger partial charge in [0.25, 0.3) is 0 Å². The van der Waals surface area contributed by atoms with Crippen molar-refractivity contribution in [3.05, 3.63) is 11.6 Å². The summed E-state index contributed by atoms with van der Waals surface area (Å²) < 4.78 is 0. The normalized spacial score (nSPS) is 14.7. The lowest BCUT2D eigenvalue weighted by atomic mass is 9.99. The van der Waals surface area contributed by atoms with Crippen LogP contribution in [0.3, 0.4) is 0 Å². The van der Waals surface area contributed by atoms with Gasteiger partial charge in [0.1, 0.15) is 0 Å². The Morgan fingerprint density at radius 3 is 2.33 bits per heavy atom. The van der Waals surface area contributed by atoms with Crippen LogP contribution in [-0.4, -0.2) is 0 Å². The molecule has 0 aliphatic rings. The highest BCUT2D eigenvalue weighted by atomic mass is 14.0. The van der Waals surface area contributed by atoms with Crippen molar-refractivity contribution in [2.45, 2.75) is 73.1 Å². The van der Waals surface area contributed by atoms with Crippen LogP contribution in [0.25, 0.3) is 0 Å².